The van der Waals surface area contributed by atoms with E-state index in [1.165, 1.54) is 17.5 Å². The van der Waals surface area contributed by atoms with Crippen LogP contribution in [-0.2, 0) is 16.0 Å². The Balaban J connectivity index is 1.66. The normalized spacial score (nSPS) is 38.3. The summed E-state index contributed by atoms with van der Waals surface area (Å²) in [4.78, 5) is 11.2. The van der Waals surface area contributed by atoms with Crippen LogP contribution in [0, 0.1) is 23.2 Å². The molecule has 6 atom stereocenters. The first-order valence-corrected chi connectivity index (χ1v) is 10.0. The van der Waals surface area contributed by atoms with Crippen LogP contribution in [0.4, 0.5) is 0 Å². The largest absolute Gasteiger partial charge is 0.508 e. The summed E-state index contributed by atoms with van der Waals surface area (Å²) < 4.78 is 5.91. The Morgan fingerprint density at radius 3 is 2.88 bits per heavy atom. The van der Waals surface area contributed by atoms with E-state index in [9.17, 15) is 15.0 Å². The number of phenols is 1. The van der Waals surface area contributed by atoms with E-state index in [1.807, 2.05) is 19.2 Å². The molecule has 26 heavy (non-hydrogen) atoms. The van der Waals surface area contributed by atoms with Crippen molar-refractivity contribution >= 4 is 5.97 Å². The number of methoxy groups -OCH3 is 1. The number of carboxylic acids is 1. The summed E-state index contributed by atoms with van der Waals surface area (Å²) in [5.74, 6) is 1.79. The number of hydrogen-bond acceptors (Lipinski definition) is 3. The fourth-order valence-electron chi connectivity index (χ4n) is 6.77. The Labute approximate surface area is 155 Å². The summed E-state index contributed by atoms with van der Waals surface area (Å²) >= 11 is 0. The lowest BCUT2D eigenvalue weighted by atomic mass is 9.53. The minimum absolute atomic E-state index is 0.160. The number of aliphatic carboxylic acids is 1. The van der Waals surface area contributed by atoms with Gasteiger partial charge in [0.2, 0.25) is 0 Å². The van der Waals surface area contributed by atoms with E-state index >= 15 is 0 Å². The second-order valence-corrected chi connectivity index (χ2v) is 8.91. The zero-order chi connectivity index (χ0) is 18.5. The highest BCUT2D eigenvalue weighted by molar-refractivity contribution is 5.66. The van der Waals surface area contributed by atoms with E-state index in [4.69, 9.17) is 4.74 Å². The predicted molar refractivity (Wildman–Crippen MR) is 99.3 cm³/mol. The summed E-state index contributed by atoms with van der Waals surface area (Å²) in [5, 5.41) is 19.0. The zero-order valence-corrected chi connectivity index (χ0v) is 15.8. The summed E-state index contributed by atoms with van der Waals surface area (Å²) in [5.41, 5.74) is 2.88. The molecule has 2 N–H and O–H groups in total. The zero-order valence-electron chi connectivity index (χ0n) is 15.8. The van der Waals surface area contributed by atoms with E-state index in [0.29, 0.717) is 29.4 Å². The van der Waals surface area contributed by atoms with Crippen molar-refractivity contribution < 1.29 is 19.7 Å². The lowest BCUT2D eigenvalue weighted by Gasteiger charge is -2.51. The first-order chi connectivity index (χ1) is 12.4. The molecular formula is C22H30O4. The van der Waals surface area contributed by atoms with Gasteiger partial charge in [0, 0.05) is 13.5 Å². The van der Waals surface area contributed by atoms with Gasteiger partial charge in [-0.05, 0) is 90.9 Å². The number of ether oxygens (including phenoxy) is 1. The van der Waals surface area contributed by atoms with Crippen LogP contribution in [0.25, 0.3) is 0 Å². The third-order valence-corrected chi connectivity index (χ3v) is 7.78. The van der Waals surface area contributed by atoms with Crippen molar-refractivity contribution in [3.8, 4) is 5.75 Å². The van der Waals surface area contributed by atoms with Gasteiger partial charge >= 0.3 is 5.97 Å². The average Bonchev–Trinajstić information content (AvgIpc) is 2.91. The van der Waals surface area contributed by atoms with Gasteiger partial charge in [-0.1, -0.05) is 13.0 Å². The molecule has 0 saturated heterocycles. The average molecular weight is 358 g/mol. The summed E-state index contributed by atoms with van der Waals surface area (Å²) in [6.45, 7) is 2.38. The molecule has 0 heterocycles. The number of rotatable bonds is 4. The summed E-state index contributed by atoms with van der Waals surface area (Å²) in [6.07, 6.45) is 6.73. The minimum Gasteiger partial charge on any atom is -0.508 e. The van der Waals surface area contributed by atoms with Crippen LogP contribution in [0.3, 0.4) is 0 Å². The molecular weight excluding hydrogens is 328 g/mol. The third kappa shape index (κ3) is 2.74. The number of carbonyl (C=O) groups is 1. The summed E-state index contributed by atoms with van der Waals surface area (Å²) in [7, 11) is 1.82. The Bertz CT molecular complexity index is 699. The van der Waals surface area contributed by atoms with Gasteiger partial charge in [-0.3, -0.25) is 4.79 Å². The van der Waals surface area contributed by atoms with Crippen molar-refractivity contribution in [2.24, 2.45) is 23.2 Å². The van der Waals surface area contributed by atoms with Crippen LogP contribution in [0.2, 0.25) is 0 Å². The standard InChI is InChI=1S/C22H30O4/c1-22-10-9-17-16-7-5-15(23)11-13(16)3-6-18(17)21(22)14(4-8-20(24)25)12-19(22)26-2/h5,7,11,14,17-19,21,23H,3-4,6,8-10,12H2,1-2H3,(H,24,25)/t14?,17?,18?,19-,21?,22+/m0/s1. The molecule has 4 unspecified atom stereocenters. The molecule has 0 bridgehead atoms. The van der Waals surface area contributed by atoms with Gasteiger partial charge in [0.15, 0.2) is 0 Å². The summed E-state index contributed by atoms with van der Waals surface area (Å²) in [6, 6.07) is 5.89. The van der Waals surface area contributed by atoms with E-state index in [-0.39, 0.29) is 17.9 Å². The van der Waals surface area contributed by atoms with Crippen molar-refractivity contribution in [3.05, 3.63) is 29.3 Å². The number of hydrogen-bond donors (Lipinski definition) is 2. The van der Waals surface area contributed by atoms with E-state index in [1.54, 1.807) is 0 Å². The molecule has 2 saturated carbocycles. The minimum atomic E-state index is -0.690. The van der Waals surface area contributed by atoms with Crippen molar-refractivity contribution in [1.82, 2.24) is 0 Å². The van der Waals surface area contributed by atoms with Crippen LogP contribution >= 0.6 is 0 Å². The molecule has 0 amide bonds. The highest BCUT2D eigenvalue weighted by atomic mass is 16.5. The van der Waals surface area contributed by atoms with E-state index in [0.717, 1.165) is 32.1 Å². The molecule has 0 aliphatic heterocycles. The van der Waals surface area contributed by atoms with Gasteiger partial charge in [-0.15, -0.1) is 0 Å². The van der Waals surface area contributed by atoms with Crippen LogP contribution in [0.1, 0.15) is 62.5 Å². The van der Waals surface area contributed by atoms with Gasteiger partial charge in [0.25, 0.3) is 0 Å². The predicted octanol–water partition coefficient (Wildman–Crippen LogP) is 4.35. The van der Waals surface area contributed by atoms with Crippen LogP contribution in [0.15, 0.2) is 18.2 Å². The second-order valence-electron chi connectivity index (χ2n) is 8.91. The van der Waals surface area contributed by atoms with Crippen molar-refractivity contribution in [3.63, 3.8) is 0 Å². The van der Waals surface area contributed by atoms with Gasteiger partial charge in [-0.2, -0.15) is 0 Å². The lowest BCUT2D eigenvalue weighted by Crippen LogP contribution is -2.45. The SMILES string of the molecule is CO[C@H]1CC(CCC(=O)O)C2C3CCc4cc(O)ccc4C3CC[C@@]21C. The topological polar surface area (TPSA) is 66.8 Å². The number of benzene rings is 1. The Morgan fingerprint density at radius 2 is 2.15 bits per heavy atom. The fourth-order valence-corrected chi connectivity index (χ4v) is 6.77. The molecule has 3 aliphatic rings. The number of aromatic hydroxyl groups is 1. The van der Waals surface area contributed by atoms with Crippen molar-refractivity contribution in [2.45, 2.75) is 63.9 Å². The molecule has 0 spiro atoms. The van der Waals surface area contributed by atoms with Gasteiger partial charge < -0.3 is 14.9 Å². The quantitative estimate of drug-likeness (QED) is 0.839. The number of fused-ring (bicyclic) bond motifs is 5. The maximum absolute atomic E-state index is 11.2. The third-order valence-electron chi connectivity index (χ3n) is 7.78. The monoisotopic (exact) mass is 358 g/mol. The Kier molecular flexibility index (Phi) is 4.50. The highest BCUT2D eigenvalue weighted by Gasteiger charge is 2.58. The Hall–Kier alpha value is -1.55. The molecule has 2 fully saturated rings. The Morgan fingerprint density at radius 1 is 1.35 bits per heavy atom. The first kappa shape index (κ1) is 17.8. The molecule has 0 radical (unpaired) electrons. The fraction of sp³-hybridized carbons (Fsp3) is 0.682. The van der Waals surface area contributed by atoms with Crippen LogP contribution in [-0.4, -0.2) is 29.4 Å². The maximum atomic E-state index is 11.2. The molecule has 4 rings (SSSR count). The number of aryl methyl sites for hydroxylation is 1. The smallest absolute Gasteiger partial charge is 0.303 e. The molecule has 3 aliphatic carbocycles. The van der Waals surface area contributed by atoms with E-state index < -0.39 is 5.97 Å². The van der Waals surface area contributed by atoms with Crippen LogP contribution in [0.5, 0.6) is 5.75 Å². The first-order valence-electron chi connectivity index (χ1n) is 10.0. The highest BCUT2D eigenvalue weighted by Crippen LogP contribution is 2.64. The van der Waals surface area contributed by atoms with E-state index in [2.05, 4.69) is 13.0 Å². The number of carboxylic acid groups (broad SMARTS) is 1. The maximum Gasteiger partial charge on any atom is 0.303 e. The lowest BCUT2D eigenvalue weighted by molar-refractivity contribution is -0.137. The molecule has 142 valence electrons. The van der Waals surface area contributed by atoms with Gasteiger partial charge in [0.1, 0.15) is 5.75 Å². The van der Waals surface area contributed by atoms with Crippen molar-refractivity contribution in [1.29, 1.82) is 0 Å². The molecule has 1 aromatic rings. The van der Waals surface area contributed by atoms with Gasteiger partial charge in [0.05, 0.1) is 6.10 Å². The molecule has 4 nitrogen and oxygen atoms in total. The second kappa shape index (κ2) is 6.56. The molecule has 0 aromatic heterocycles. The van der Waals surface area contributed by atoms with Crippen LogP contribution < -0.4 is 0 Å². The number of phenolic OH excluding ortho intramolecular Hbond substituents is 1. The van der Waals surface area contributed by atoms with Gasteiger partial charge in [-0.25, -0.2) is 0 Å². The van der Waals surface area contributed by atoms with Crippen molar-refractivity contribution in [2.75, 3.05) is 7.11 Å². The molecule has 4 heteroatoms. The molecule has 1 aromatic carbocycles.